The van der Waals surface area contributed by atoms with Crippen LogP contribution in [0.1, 0.15) is 20.3 Å². The molecule has 0 aromatic rings. The lowest BCUT2D eigenvalue weighted by atomic mass is 10.0. The lowest BCUT2D eigenvalue weighted by Gasteiger charge is -2.19. The van der Waals surface area contributed by atoms with Crippen LogP contribution >= 0.6 is 0 Å². The molecular formula is C12H24N2. The van der Waals surface area contributed by atoms with E-state index in [9.17, 15) is 0 Å². The van der Waals surface area contributed by atoms with Gasteiger partial charge < -0.3 is 9.80 Å². The molecule has 2 atom stereocenters. The molecule has 0 saturated carbocycles. The summed E-state index contributed by atoms with van der Waals surface area (Å²) in [4.78, 5) is 5.18. The van der Waals surface area contributed by atoms with Gasteiger partial charge in [-0.2, -0.15) is 0 Å². The summed E-state index contributed by atoms with van der Waals surface area (Å²) in [6.07, 6.45) is 1.37. The molecular weight excluding hydrogens is 172 g/mol. The van der Waals surface area contributed by atoms with E-state index in [1.807, 2.05) is 0 Å². The molecule has 2 unspecified atom stereocenters. The minimum Gasteiger partial charge on any atom is -0.306 e. The Hall–Kier alpha value is -0.0800. The first-order chi connectivity index (χ1) is 6.65. The second-order valence-electron chi connectivity index (χ2n) is 5.68. The Labute approximate surface area is 88.3 Å². The maximum atomic E-state index is 2.68. The van der Waals surface area contributed by atoms with Gasteiger partial charge in [0.05, 0.1) is 0 Å². The van der Waals surface area contributed by atoms with Gasteiger partial charge in [0, 0.05) is 26.2 Å². The fourth-order valence-corrected chi connectivity index (χ4v) is 2.95. The fourth-order valence-electron chi connectivity index (χ4n) is 2.95. The molecule has 2 heteroatoms. The topological polar surface area (TPSA) is 6.48 Å². The van der Waals surface area contributed by atoms with E-state index in [1.165, 1.54) is 39.1 Å². The van der Waals surface area contributed by atoms with Gasteiger partial charge in [-0.05, 0) is 37.8 Å². The van der Waals surface area contributed by atoms with Crippen molar-refractivity contribution >= 4 is 0 Å². The van der Waals surface area contributed by atoms with Crippen LogP contribution in [0.5, 0.6) is 0 Å². The van der Waals surface area contributed by atoms with E-state index in [2.05, 4.69) is 30.7 Å². The monoisotopic (exact) mass is 196 g/mol. The summed E-state index contributed by atoms with van der Waals surface area (Å²) in [5.74, 6) is 2.82. The zero-order valence-corrected chi connectivity index (χ0v) is 9.87. The molecule has 2 saturated heterocycles. The Bertz CT molecular complexity index is 177. The molecule has 2 aliphatic rings. The van der Waals surface area contributed by atoms with Gasteiger partial charge in [-0.15, -0.1) is 0 Å². The highest BCUT2D eigenvalue weighted by Crippen LogP contribution is 2.30. The van der Waals surface area contributed by atoms with Crippen LogP contribution in [0, 0.1) is 17.8 Å². The minimum atomic E-state index is 0.859. The fraction of sp³-hybridized carbons (Fsp3) is 1.00. The smallest absolute Gasteiger partial charge is 0.00256 e. The molecule has 0 aliphatic carbocycles. The van der Waals surface area contributed by atoms with Crippen molar-refractivity contribution in [2.24, 2.45) is 17.8 Å². The van der Waals surface area contributed by atoms with Crippen LogP contribution in [0.4, 0.5) is 0 Å². The molecule has 2 heterocycles. The van der Waals surface area contributed by atoms with E-state index >= 15 is 0 Å². The Balaban J connectivity index is 1.74. The maximum absolute atomic E-state index is 2.68. The lowest BCUT2D eigenvalue weighted by molar-refractivity contribution is 0.265. The molecule has 82 valence electrons. The summed E-state index contributed by atoms with van der Waals surface area (Å²) in [5, 5.41) is 0. The van der Waals surface area contributed by atoms with Crippen LogP contribution < -0.4 is 0 Å². The van der Waals surface area contributed by atoms with Crippen molar-refractivity contribution < 1.29 is 0 Å². The molecule has 14 heavy (non-hydrogen) atoms. The van der Waals surface area contributed by atoms with E-state index in [4.69, 9.17) is 0 Å². The summed E-state index contributed by atoms with van der Waals surface area (Å²) < 4.78 is 0. The number of likely N-dealkylation sites (tertiary alicyclic amines) is 2. The Morgan fingerprint density at radius 3 is 2.14 bits per heavy atom. The van der Waals surface area contributed by atoms with Crippen LogP contribution in [0.25, 0.3) is 0 Å². The molecule has 0 amide bonds. The zero-order chi connectivity index (χ0) is 10.1. The first-order valence-electron chi connectivity index (χ1n) is 6.06. The molecule has 0 spiro atoms. The summed E-state index contributed by atoms with van der Waals surface area (Å²) in [6, 6.07) is 0. The van der Waals surface area contributed by atoms with E-state index in [0.29, 0.717) is 0 Å². The molecule has 0 aromatic carbocycles. The standard InChI is InChI=1S/C12H24N2/c1-10(2)4-5-14-8-11-6-13(3)7-12(11)9-14/h10-12H,4-9H2,1-3H3. The van der Waals surface area contributed by atoms with Crippen molar-refractivity contribution in [2.75, 3.05) is 39.8 Å². The predicted octanol–water partition coefficient (Wildman–Crippen LogP) is 1.53. The van der Waals surface area contributed by atoms with Crippen LogP contribution in [0.2, 0.25) is 0 Å². The summed E-state index contributed by atoms with van der Waals surface area (Å²) in [6.45, 7) is 11.4. The van der Waals surface area contributed by atoms with E-state index in [0.717, 1.165) is 17.8 Å². The largest absolute Gasteiger partial charge is 0.306 e. The van der Waals surface area contributed by atoms with Gasteiger partial charge in [-0.25, -0.2) is 0 Å². The van der Waals surface area contributed by atoms with Gasteiger partial charge in [-0.1, -0.05) is 13.8 Å². The lowest BCUT2D eigenvalue weighted by Crippen LogP contribution is -2.28. The van der Waals surface area contributed by atoms with Crippen molar-refractivity contribution in [3.8, 4) is 0 Å². The van der Waals surface area contributed by atoms with Crippen molar-refractivity contribution in [1.29, 1.82) is 0 Å². The highest BCUT2D eigenvalue weighted by atomic mass is 15.2. The van der Waals surface area contributed by atoms with Gasteiger partial charge >= 0.3 is 0 Å². The van der Waals surface area contributed by atoms with Crippen LogP contribution in [-0.4, -0.2) is 49.6 Å². The predicted molar refractivity (Wildman–Crippen MR) is 60.4 cm³/mol. The maximum Gasteiger partial charge on any atom is 0.00256 e. The molecule has 0 aromatic heterocycles. The van der Waals surface area contributed by atoms with Gasteiger partial charge in [0.25, 0.3) is 0 Å². The number of fused-ring (bicyclic) bond motifs is 1. The average molecular weight is 196 g/mol. The second kappa shape index (κ2) is 4.19. The van der Waals surface area contributed by atoms with E-state index in [-0.39, 0.29) is 0 Å². The normalized spacial score (nSPS) is 34.3. The molecule has 2 fully saturated rings. The van der Waals surface area contributed by atoms with Crippen LogP contribution in [0.3, 0.4) is 0 Å². The molecule has 2 aliphatic heterocycles. The first-order valence-corrected chi connectivity index (χ1v) is 6.06. The molecule has 2 nitrogen and oxygen atoms in total. The Kier molecular flexibility index (Phi) is 3.13. The van der Waals surface area contributed by atoms with Gasteiger partial charge in [-0.3, -0.25) is 0 Å². The Morgan fingerprint density at radius 2 is 1.64 bits per heavy atom. The van der Waals surface area contributed by atoms with Crippen LogP contribution in [0.15, 0.2) is 0 Å². The average Bonchev–Trinajstić information content (AvgIpc) is 2.57. The van der Waals surface area contributed by atoms with Crippen molar-refractivity contribution in [3.05, 3.63) is 0 Å². The third kappa shape index (κ3) is 2.29. The second-order valence-corrected chi connectivity index (χ2v) is 5.68. The number of hydrogen-bond acceptors (Lipinski definition) is 2. The van der Waals surface area contributed by atoms with Crippen molar-refractivity contribution in [2.45, 2.75) is 20.3 Å². The van der Waals surface area contributed by atoms with Gasteiger partial charge in [0.1, 0.15) is 0 Å². The van der Waals surface area contributed by atoms with Crippen molar-refractivity contribution in [3.63, 3.8) is 0 Å². The number of hydrogen-bond donors (Lipinski definition) is 0. The minimum absolute atomic E-state index is 0.859. The number of rotatable bonds is 3. The number of nitrogens with zero attached hydrogens (tertiary/aromatic N) is 2. The molecule has 0 radical (unpaired) electrons. The third-order valence-corrected chi connectivity index (χ3v) is 3.77. The summed E-state index contributed by atoms with van der Waals surface area (Å²) in [7, 11) is 2.26. The van der Waals surface area contributed by atoms with Gasteiger partial charge in [0.2, 0.25) is 0 Å². The van der Waals surface area contributed by atoms with E-state index in [1.54, 1.807) is 0 Å². The Morgan fingerprint density at radius 1 is 1.07 bits per heavy atom. The summed E-state index contributed by atoms with van der Waals surface area (Å²) >= 11 is 0. The quantitative estimate of drug-likeness (QED) is 0.675. The first kappa shape index (κ1) is 10.4. The SMILES string of the molecule is CC(C)CCN1CC2CN(C)CC2C1. The summed E-state index contributed by atoms with van der Waals surface area (Å²) in [5.41, 5.74) is 0. The van der Waals surface area contributed by atoms with Crippen molar-refractivity contribution in [1.82, 2.24) is 9.80 Å². The molecule has 0 N–H and O–H groups in total. The van der Waals surface area contributed by atoms with E-state index < -0.39 is 0 Å². The van der Waals surface area contributed by atoms with Gasteiger partial charge in [0.15, 0.2) is 0 Å². The highest BCUT2D eigenvalue weighted by Gasteiger charge is 2.38. The molecule has 0 bridgehead atoms. The van der Waals surface area contributed by atoms with Crippen LogP contribution in [-0.2, 0) is 0 Å². The third-order valence-electron chi connectivity index (χ3n) is 3.77. The molecule has 2 rings (SSSR count). The zero-order valence-electron chi connectivity index (χ0n) is 9.87. The highest BCUT2D eigenvalue weighted by molar-refractivity contribution is 4.91.